The smallest absolute Gasteiger partial charge is 0.0218 e. The molecule has 0 saturated carbocycles. The first-order valence-electron chi connectivity index (χ1n) is 7.33. The molecule has 0 aliphatic rings. The van der Waals surface area contributed by atoms with Crippen LogP contribution in [0.3, 0.4) is 0 Å². The van der Waals surface area contributed by atoms with Crippen LogP contribution in [0.5, 0.6) is 0 Å². The van der Waals surface area contributed by atoms with E-state index >= 15 is 0 Å². The van der Waals surface area contributed by atoms with Gasteiger partial charge in [0.2, 0.25) is 0 Å². The number of nitrogens with zero attached hydrogens (tertiary/aromatic N) is 1. The van der Waals surface area contributed by atoms with E-state index in [1.54, 1.807) is 0 Å². The predicted octanol–water partition coefficient (Wildman–Crippen LogP) is 3.52. The van der Waals surface area contributed by atoms with Crippen LogP contribution in [0.1, 0.15) is 61.3 Å². The Balaban J connectivity index is 4.28. The molecular weight excluding hydrogens is 208 g/mol. The fourth-order valence-electron chi connectivity index (χ4n) is 2.02. The summed E-state index contributed by atoms with van der Waals surface area (Å²) >= 11 is 0. The second-order valence-electron chi connectivity index (χ2n) is 6.29. The van der Waals surface area contributed by atoms with Crippen molar-refractivity contribution in [2.24, 2.45) is 5.92 Å². The van der Waals surface area contributed by atoms with Crippen molar-refractivity contribution in [1.29, 1.82) is 0 Å². The second kappa shape index (κ2) is 8.10. The molecule has 0 aliphatic carbocycles. The van der Waals surface area contributed by atoms with Gasteiger partial charge in [0.15, 0.2) is 0 Å². The summed E-state index contributed by atoms with van der Waals surface area (Å²) in [6.07, 6.45) is 2.51. The van der Waals surface area contributed by atoms with Gasteiger partial charge in [-0.25, -0.2) is 0 Å². The molecule has 104 valence electrons. The Morgan fingerprint density at radius 1 is 1.06 bits per heavy atom. The minimum absolute atomic E-state index is 0.225. The number of nitrogens with one attached hydrogen (secondary N) is 1. The van der Waals surface area contributed by atoms with E-state index in [1.807, 2.05) is 0 Å². The summed E-state index contributed by atoms with van der Waals surface area (Å²) < 4.78 is 0. The second-order valence-corrected chi connectivity index (χ2v) is 6.29. The van der Waals surface area contributed by atoms with E-state index in [4.69, 9.17) is 0 Å². The van der Waals surface area contributed by atoms with Crippen LogP contribution in [0, 0.1) is 5.92 Å². The molecule has 0 spiro atoms. The molecule has 0 fully saturated rings. The third-order valence-corrected chi connectivity index (χ3v) is 3.50. The molecule has 0 rings (SSSR count). The lowest BCUT2D eigenvalue weighted by Crippen LogP contribution is -2.48. The van der Waals surface area contributed by atoms with Crippen molar-refractivity contribution in [3.8, 4) is 0 Å². The number of hydrogen-bond donors (Lipinski definition) is 1. The predicted molar refractivity (Wildman–Crippen MR) is 78.5 cm³/mol. The van der Waals surface area contributed by atoms with E-state index in [1.165, 1.54) is 19.4 Å². The molecule has 0 aromatic rings. The van der Waals surface area contributed by atoms with Gasteiger partial charge in [0.05, 0.1) is 0 Å². The van der Waals surface area contributed by atoms with Gasteiger partial charge in [0.1, 0.15) is 0 Å². The summed E-state index contributed by atoms with van der Waals surface area (Å²) in [6, 6.07) is 0.674. The maximum Gasteiger partial charge on any atom is 0.0218 e. The van der Waals surface area contributed by atoms with Crippen LogP contribution in [0.4, 0.5) is 0 Å². The highest BCUT2D eigenvalue weighted by Gasteiger charge is 2.19. The minimum atomic E-state index is 0.225. The highest BCUT2D eigenvalue weighted by Crippen LogP contribution is 2.11. The van der Waals surface area contributed by atoms with Crippen LogP contribution in [0.2, 0.25) is 0 Å². The summed E-state index contributed by atoms with van der Waals surface area (Å²) in [5.41, 5.74) is 0.225. The Morgan fingerprint density at radius 2 is 1.65 bits per heavy atom. The summed E-state index contributed by atoms with van der Waals surface area (Å²) in [4.78, 5) is 2.63. The lowest BCUT2D eigenvalue weighted by molar-refractivity contribution is 0.162. The van der Waals surface area contributed by atoms with Gasteiger partial charge in [-0.3, -0.25) is 4.90 Å². The zero-order valence-electron chi connectivity index (χ0n) is 13.1. The van der Waals surface area contributed by atoms with Gasteiger partial charge < -0.3 is 5.32 Å². The van der Waals surface area contributed by atoms with Crippen LogP contribution in [-0.2, 0) is 0 Å². The molecule has 17 heavy (non-hydrogen) atoms. The maximum absolute atomic E-state index is 3.64. The average Bonchev–Trinajstić information content (AvgIpc) is 2.26. The molecule has 2 nitrogen and oxygen atoms in total. The van der Waals surface area contributed by atoms with Crippen LogP contribution in [-0.4, -0.2) is 36.1 Å². The van der Waals surface area contributed by atoms with E-state index in [-0.39, 0.29) is 5.54 Å². The lowest BCUT2D eigenvalue weighted by atomic mass is 10.0. The highest BCUT2D eigenvalue weighted by atomic mass is 15.2. The van der Waals surface area contributed by atoms with Crippen molar-refractivity contribution in [1.82, 2.24) is 10.2 Å². The highest BCUT2D eigenvalue weighted by molar-refractivity contribution is 4.78. The van der Waals surface area contributed by atoms with E-state index in [9.17, 15) is 0 Å². The Bertz CT molecular complexity index is 184. The molecule has 2 heteroatoms. The maximum atomic E-state index is 3.64. The Labute approximate surface area is 109 Å². The molecule has 2 atom stereocenters. The first-order valence-corrected chi connectivity index (χ1v) is 7.33. The van der Waals surface area contributed by atoms with Crippen molar-refractivity contribution in [2.75, 3.05) is 19.6 Å². The quantitative estimate of drug-likeness (QED) is 0.700. The average molecular weight is 242 g/mol. The summed E-state index contributed by atoms with van der Waals surface area (Å²) in [6.45, 7) is 19.4. The molecule has 0 aliphatic heterocycles. The molecule has 0 aromatic carbocycles. The van der Waals surface area contributed by atoms with Gasteiger partial charge >= 0.3 is 0 Å². The van der Waals surface area contributed by atoms with Gasteiger partial charge in [-0.2, -0.15) is 0 Å². The summed E-state index contributed by atoms with van der Waals surface area (Å²) in [7, 11) is 0. The molecule has 0 heterocycles. The molecule has 0 bridgehead atoms. The van der Waals surface area contributed by atoms with Gasteiger partial charge in [-0.15, -0.1) is 0 Å². The van der Waals surface area contributed by atoms with Gasteiger partial charge in [-0.05, 0) is 39.7 Å². The van der Waals surface area contributed by atoms with E-state index < -0.39 is 0 Å². The standard InChI is InChI=1S/C15H34N2/c1-8-13(4)12-17(10-3)14(9-2)11-16-15(5,6)7/h13-14,16H,8-12H2,1-7H3. The van der Waals surface area contributed by atoms with Crippen molar-refractivity contribution < 1.29 is 0 Å². The van der Waals surface area contributed by atoms with Crippen molar-refractivity contribution in [3.05, 3.63) is 0 Å². The van der Waals surface area contributed by atoms with Crippen LogP contribution in [0.25, 0.3) is 0 Å². The zero-order valence-corrected chi connectivity index (χ0v) is 13.1. The molecule has 0 aromatic heterocycles. The molecule has 2 unspecified atom stereocenters. The van der Waals surface area contributed by atoms with Gasteiger partial charge in [0, 0.05) is 24.7 Å². The monoisotopic (exact) mass is 242 g/mol. The van der Waals surface area contributed by atoms with Crippen LogP contribution < -0.4 is 5.32 Å². The molecule has 0 saturated heterocycles. The fraction of sp³-hybridized carbons (Fsp3) is 1.00. The van der Waals surface area contributed by atoms with Crippen LogP contribution in [0.15, 0.2) is 0 Å². The SMILES string of the molecule is CCC(C)CN(CC)C(CC)CNC(C)(C)C. The molecular formula is C15H34N2. The Morgan fingerprint density at radius 3 is 2.00 bits per heavy atom. The summed E-state index contributed by atoms with van der Waals surface area (Å²) in [5.74, 6) is 0.804. The summed E-state index contributed by atoms with van der Waals surface area (Å²) in [5, 5.41) is 3.64. The van der Waals surface area contributed by atoms with E-state index in [0.717, 1.165) is 19.0 Å². The first kappa shape index (κ1) is 16.9. The van der Waals surface area contributed by atoms with Gasteiger partial charge in [-0.1, -0.05) is 34.1 Å². The fourth-order valence-corrected chi connectivity index (χ4v) is 2.02. The first-order chi connectivity index (χ1) is 7.84. The third-order valence-electron chi connectivity index (χ3n) is 3.50. The lowest BCUT2D eigenvalue weighted by Gasteiger charge is -2.34. The Kier molecular flexibility index (Phi) is 8.06. The number of hydrogen-bond acceptors (Lipinski definition) is 2. The molecule has 0 amide bonds. The number of rotatable bonds is 8. The molecule has 1 N–H and O–H groups in total. The van der Waals surface area contributed by atoms with Crippen molar-refractivity contribution >= 4 is 0 Å². The third kappa shape index (κ3) is 7.77. The van der Waals surface area contributed by atoms with E-state index in [0.29, 0.717) is 6.04 Å². The topological polar surface area (TPSA) is 15.3 Å². The normalized spacial score (nSPS) is 16.2. The van der Waals surface area contributed by atoms with E-state index in [2.05, 4.69) is 58.7 Å². The van der Waals surface area contributed by atoms with Crippen molar-refractivity contribution in [3.63, 3.8) is 0 Å². The number of likely N-dealkylation sites (N-methyl/N-ethyl adjacent to an activating group) is 1. The van der Waals surface area contributed by atoms with Crippen LogP contribution >= 0.6 is 0 Å². The largest absolute Gasteiger partial charge is 0.311 e. The van der Waals surface area contributed by atoms with Gasteiger partial charge in [0.25, 0.3) is 0 Å². The Hall–Kier alpha value is -0.0800. The van der Waals surface area contributed by atoms with Crippen molar-refractivity contribution in [2.45, 2.75) is 72.9 Å². The minimum Gasteiger partial charge on any atom is -0.311 e. The molecule has 0 radical (unpaired) electrons. The zero-order chi connectivity index (χ0) is 13.5.